The standard InChI is InChI=1S/C23H25N7O2S/c1-13-20(33-23(24-2)26-13)18-5-8-25-22(30-18)28-16-3-4-17-14(11-16)12-19(29-17)21(31)27-15-6-9-32-10-7-15/h3-5,8,11-12,15,29H,6-7,9-10H2,1-2H3,(H,24,26)(H,27,31)(H,25,28,30). The zero-order chi connectivity index (χ0) is 22.8. The minimum Gasteiger partial charge on any atom is -0.381 e. The van der Waals surface area contributed by atoms with Crippen molar-refractivity contribution in [1.29, 1.82) is 0 Å². The molecular weight excluding hydrogens is 438 g/mol. The van der Waals surface area contributed by atoms with Gasteiger partial charge in [-0.1, -0.05) is 11.3 Å². The molecule has 10 heteroatoms. The number of hydrogen-bond acceptors (Lipinski definition) is 8. The van der Waals surface area contributed by atoms with E-state index in [1.165, 1.54) is 0 Å². The molecule has 1 aromatic carbocycles. The summed E-state index contributed by atoms with van der Waals surface area (Å²) in [5.41, 5.74) is 4.03. The Morgan fingerprint density at radius 3 is 2.82 bits per heavy atom. The Balaban J connectivity index is 1.33. The van der Waals surface area contributed by atoms with Gasteiger partial charge in [-0.15, -0.1) is 0 Å². The number of carbonyl (C=O) groups is 1. The second-order valence-corrected chi connectivity index (χ2v) is 8.92. The molecule has 9 nitrogen and oxygen atoms in total. The highest BCUT2D eigenvalue weighted by molar-refractivity contribution is 7.19. The van der Waals surface area contributed by atoms with Crippen LogP contribution in [0.15, 0.2) is 36.5 Å². The van der Waals surface area contributed by atoms with E-state index in [2.05, 4.69) is 35.9 Å². The second kappa shape index (κ2) is 9.16. The first-order chi connectivity index (χ1) is 16.1. The van der Waals surface area contributed by atoms with Crippen LogP contribution >= 0.6 is 11.3 Å². The maximum atomic E-state index is 12.7. The van der Waals surface area contributed by atoms with E-state index < -0.39 is 0 Å². The normalized spacial score (nSPS) is 14.4. The number of carbonyl (C=O) groups excluding carboxylic acids is 1. The molecule has 0 aliphatic carbocycles. The highest BCUT2D eigenvalue weighted by Crippen LogP contribution is 2.32. The summed E-state index contributed by atoms with van der Waals surface area (Å²) in [6, 6.07) is 9.76. The molecule has 0 bridgehead atoms. The van der Waals surface area contributed by atoms with Gasteiger partial charge >= 0.3 is 0 Å². The average molecular weight is 464 g/mol. The Kier molecular flexibility index (Phi) is 5.93. The molecule has 1 aliphatic rings. The summed E-state index contributed by atoms with van der Waals surface area (Å²) < 4.78 is 5.36. The van der Waals surface area contributed by atoms with E-state index in [4.69, 9.17) is 4.74 Å². The van der Waals surface area contributed by atoms with Crippen molar-refractivity contribution < 1.29 is 9.53 Å². The lowest BCUT2D eigenvalue weighted by molar-refractivity contribution is 0.0694. The van der Waals surface area contributed by atoms with Gasteiger partial charge in [0.1, 0.15) is 5.69 Å². The van der Waals surface area contributed by atoms with E-state index in [0.717, 1.165) is 50.8 Å². The summed E-state index contributed by atoms with van der Waals surface area (Å²) in [5.74, 6) is 0.406. The molecule has 170 valence electrons. The Labute approximate surface area is 195 Å². The van der Waals surface area contributed by atoms with Crippen LogP contribution in [0.3, 0.4) is 0 Å². The van der Waals surface area contributed by atoms with Crippen molar-refractivity contribution in [3.8, 4) is 10.6 Å². The molecule has 1 amide bonds. The zero-order valence-corrected chi connectivity index (χ0v) is 19.3. The molecule has 4 heterocycles. The SMILES string of the molecule is CNc1nc(C)c(-c2ccnc(Nc3ccc4[nH]c(C(=O)NC5CCOCC5)cc4c3)n2)s1. The highest BCUT2D eigenvalue weighted by Gasteiger charge is 2.18. The van der Waals surface area contributed by atoms with E-state index in [9.17, 15) is 4.79 Å². The van der Waals surface area contributed by atoms with Gasteiger partial charge in [0.05, 0.1) is 16.3 Å². The topological polar surface area (TPSA) is 117 Å². The van der Waals surface area contributed by atoms with Gasteiger partial charge in [-0.25, -0.2) is 15.0 Å². The monoisotopic (exact) mass is 463 g/mol. The van der Waals surface area contributed by atoms with Crippen LogP contribution in [0, 0.1) is 6.92 Å². The summed E-state index contributed by atoms with van der Waals surface area (Å²) in [6.07, 6.45) is 3.42. The number of hydrogen-bond donors (Lipinski definition) is 4. The van der Waals surface area contributed by atoms with E-state index in [0.29, 0.717) is 24.9 Å². The number of nitrogens with one attached hydrogen (secondary N) is 4. The molecule has 1 saturated heterocycles. The van der Waals surface area contributed by atoms with Crippen LogP contribution in [0.2, 0.25) is 0 Å². The summed E-state index contributed by atoms with van der Waals surface area (Å²) in [5, 5.41) is 11.2. The number of anilines is 3. The van der Waals surface area contributed by atoms with Gasteiger partial charge in [0, 0.05) is 49.1 Å². The van der Waals surface area contributed by atoms with E-state index >= 15 is 0 Å². The molecule has 1 fully saturated rings. The Morgan fingerprint density at radius 2 is 2.03 bits per heavy atom. The zero-order valence-electron chi connectivity index (χ0n) is 18.4. The van der Waals surface area contributed by atoms with Gasteiger partial charge in [-0.2, -0.15) is 0 Å². The van der Waals surface area contributed by atoms with Crippen LogP contribution in [-0.4, -0.2) is 52.1 Å². The summed E-state index contributed by atoms with van der Waals surface area (Å²) in [4.78, 5) is 30.4. The van der Waals surface area contributed by atoms with Crippen LogP contribution < -0.4 is 16.0 Å². The molecule has 4 N–H and O–H groups in total. The smallest absolute Gasteiger partial charge is 0.267 e. The first-order valence-electron chi connectivity index (χ1n) is 10.9. The second-order valence-electron chi connectivity index (χ2n) is 7.92. The number of aromatic amines is 1. The van der Waals surface area contributed by atoms with Crippen LogP contribution in [0.1, 0.15) is 29.0 Å². The van der Waals surface area contributed by atoms with Crippen LogP contribution in [0.25, 0.3) is 21.5 Å². The quantitative estimate of drug-likeness (QED) is 0.340. The molecule has 5 rings (SSSR count). The first-order valence-corrected chi connectivity index (χ1v) is 11.7. The molecule has 33 heavy (non-hydrogen) atoms. The van der Waals surface area contributed by atoms with Crippen molar-refractivity contribution in [1.82, 2.24) is 25.3 Å². The number of rotatable bonds is 6. The van der Waals surface area contributed by atoms with Crippen LogP contribution in [0.5, 0.6) is 0 Å². The molecule has 1 aliphatic heterocycles. The number of aryl methyl sites for hydroxylation is 1. The third kappa shape index (κ3) is 4.67. The lowest BCUT2D eigenvalue weighted by Gasteiger charge is -2.22. The summed E-state index contributed by atoms with van der Waals surface area (Å²) in [6.45, 7) is 3.35. The van der Waals surface area contributed by atoms with Crippen molar-refractivity contribution in [2.24, 2.45) is 0 Å². The number of thiazole rings is 1. The molecule has 0 atom stereocenters. The van der Waals surface area contributed by atoms with Gasteiger partial charge in [0.15, 0.2) is 5.13 Å². The number of benzene rings is 1. The average Bonchev–Trinajstić information content (AvgIpc) is 3.43. The third-order valence-corrected chi connectivity index (χ3v) is 6.77. The molecule has 3 aromatic heterocycles. The molecule has 0 unspecified atom stereocenters. The number of nitrogens with zero attached hydrogens (tertiary/aromatic N) is 3. The number of aromatic nitrogens is 4. The minimum absolute atomic E-state index is 0.0930. The Morgan fingerprint density at radius 1 is 1.18 bits per heavy atom. The lowest BCUT2D eigenvalue weighted by Crippen LogP contribution is -2.39. The molecular formula is C23H25N7O2S. The number of amides is 1. The minimum atomic E-state index is -0.0930. The van der Waals surface area contributed by atoms with Gasteiger partial charge in [0.25, 0.3) is 5.91 Å². The Bertz CT molecular complexity index is 1290. The fraction of sp³-hybridized carbons (Fsp3) is 0.304. The van der Waals surface area contributed by atoms with Crippen molar-refractivity contribution in [3.05, 3.63) is 47.9 Å². The van der Waals surface area contributed by atoms with Crippen molar-refractivity contribution >= 4 is 44.9 Å². The predicted molar refractivity (Wildman–Crippen MR) is 130 cm³/mol. The number of H-pyrrole nitrogens is 1. The number of fused-ring (bicyclic) bond motifs is 1. The molecule has 4 aromatic rings. The predicted octanol–water partition coefficient (Wildman–Crippen LogP) is 4.08. The van der Waals surface area contributed by atoms with Gasteiger partial charge < -0.3 is 25.7 Å². The van der Waals surface area contributed by atoms with E-state index in [-0.39, 0.29) is 11.9 Å². The molecule has 0 saturated carbocycles. The highest BCUT2D eigenvalue weighted by atomic mass is 32.1. The van der Waals surface area contributed by atoms with Gasteiger partial charge in [-0.3, -0.25) is 4.79 Å². The van der Waals surface area contributed by atoms with Gasteiger partial charge in [-0.05, 0) is 50.1 Å². The van der Waals surface area contributed by atoms with E-state index in [1.54, 1.807) is 17.5 Å². The fourth-order valence-corrected chi connectivity index (χ4v) is 4.74. The summed E-state index contributed by atoms with van der Waals surface area (Å²) >= 11 is 1.56. The lowest BCUT2D eigenvalue weighted by atomic mass is 10.1. The third-order valence-electron chi connectivity index (χ3n) is 5.58. The largest absolute Gasteiger partial charge is 0.381 e. The molecule has 0 radical (unpaired) electrons. The summed E-state index contributed by atoms with van der Waals surface area (Å²) in [7, 11) is 1.85. The van der Waals surface area contributed by atoms with Crippen LogP contribution in [0.4, 0.5) is 16.8 Å². The van der Waals surface area contributed by atoms with Gasteiger partial charge in [0.2, 0.25) is 5.95 Å². The van der Waals surface area contributed by atoms with Crippen molar-refractivity contribution in [2.75, 3.05) is 30.9 Å². The maximum Gasteiger partial charge on any atom is 0.267 e. The first kappa shape index (κ1) is 21.4. The molecule has 0 spiro atoms. The number of ether oxygens (including phenoxy) is 1. The van der Waals surface area contributed by atoms with Crippen LogP contribution in [-0.2, 0) is 4.74 Å². The Hall–Kier alpha value is -3.50. The van der Waals surface area contributed by atoms with E-state index in [1.807, 2.05) is 44.3 Å². The van der Waals surface area contributed by atoms with Crippen molar-refractivity contribution in [3.63, 3.8) is 0 Å². The maximum absolute atomic E-state index is 12.7. The van der Waals surface area contributed by atoms with Crippen molar-refractivity contribution in [2.45, 2.75) is 25.8 Å². The fourth-order valence-electron chi connectivity index (χ4n) is 3.85.